The molecule has 1 aliphatic heterocycles. The average molecular weight is 282 g/mol. The summed E-state index contributed by atoms with van der Waals surface area (Å²) in [7, 11) is 1.85. The second kappa shape index (κ2) is 6.89. The SMILES string of the molecule is CN(CCN1CCNCC1)C(=O)c1ccc(Cl)cc1. The van der Waals surface area contributed by atoms with E-state index in [1.165, 1.54) is 0 Å². The van der Waals surface area contributed by atoms with Crippen LogP contribution in [0.5, 0.6) is 0 Å². The minimum Gasteiger partial charge on any atom is -0.340 e. The van der Waals surface area contributed by atoms with Gasteiger partial charge in [0.05, 0.1) is 0 Å². The van der Waals surface area contributed by atoms with Crippen molar-refractivity contribution in [3.05, 3.63) is 34.9 Å². The van der Waals surface area contributed by atoms with Crippen molar-refractivity contribution in [1.29, 1.82) is 0 Å². The van der Waals surface area contributed by atoms with E-state index in [2.05, 4.69) is 10.2 Å². The van der Waals surface area contributed by atoms with Crippen LogP contribution in [0.4, 0.5) is 0 Å². The molecule has 104 valence electrons. The van der Waals surface area contributed by atoms with Crippen LogP contribution in [0.3, 0.4) is 0 Å². The molecule has 5 heteroatoms. The van der Waals surface area contributed by atoms with Gasteiger partial charge in [0.2, 0.25) is 0 Å². The molecule has 0 saturated carbocycles. The highest BCUT2D eigenvalue weighted by Crippen LogP contribution is 2.11. The molecule has 4 nitrogen and oxygen atoms in total. The Morgan fingerprint density at radius 1 is 1.32 bits per heavy atom. The molecule has 0 radical (unpaired) electrons. The molecule has 1 N–H and O–H groups in total. The molecule has 1 amide bonds. The Morgan fingerprint density at radius 2 is 1.95 bits per heavy atom. The normalized spacial score (nSPS) is 16.3. The van der Waals surface area contributed by atoms with E-state index in [1.54, 1.807) is 29.2 Å². The number of nitrogens with one attached hydrogen (secondary N) is 1. The highest BCUT2D eigenvalue weighted by atomic mass is 35.5. The van der Waals surface area contributed by atoms with Crippen LogP contribution in [-0.4, -0.2) is 62.0 Å². The van der Waals surface area contributed by atoms with Crippen LogP contribution >= 0.6 is 11.6 Å². The topological polar surface area (TPSA) is 35.6 Å². The van der Waals surface area contributed by atoms with Gasteiger partial charge >= 0.3 is 0 Å². The number of hydrogen-bond donors (Lipinski definition) is 1. The molecule has 1 saturated heterocycles. The number of hydrogen-bond acceptors (Lipinski definition) is 3. The van der Waals surface area contributed by atoms with Crippen molar-refractivity contribution in [3.8, 4) is 0 Å². The fourth-order valence-corrected chi connectivity index (χ4v) is 2.27. The summed E-state index contributed by atoms with van der Waals surface area (Å²) in [4.78, 5) is 16.3. The first-order valence-corrected chi connectivity index (χ1v) is 6.99. The van der Waals surface area contributed by atoms with Crippen molar-refractivity contribution in [1.82, 2.24) is 15.1 Å². The summed E-state index contributed by atoms with van der Waals surface area (Å²) in [5.41, 5.74) is 0.687. The zero-order chi connectivity index (χ0) is 13.7. The Morgan fingerprint density at radius 3 is 2.58 bits per heavy atom. The first kappa shape index (κ1) is 14.3. The Bertz CT molecular complexity index is 415. The first-order chi connectivity index (χ1) is 9.16. The van der Waals surface area contributed by atoms with Gasteiger partial charge in [-0.15, -0.1) is 0 Å². The highest BCUT2D eigenvalue weighted by Gasteiger charge is 2.14. The third-order valence-electron chi connectivity index (χ3n) is 3.40. The number of halogens is 1. The highest BCUT2D eigenvalue weighted by molar-refractivity contribution is 6.30. The third-order valence-corrected chi connectivity index (χ3v) is 3.65. The summed E-state index contributed by atoms with van der Waals surface area (Å²) in [6.45, 7) is 5.87. The lowest BCUT2D eigenvalue weighted by Crippen LogP contribution is -2.46. The largest absolute Gasteiger partial charge is 0.340 e. The number of rotatable bonds is 4. The summed E-state index contributed by atoms with van der Waals surface area (Å²) in [6.07, 6.45) is 0. The summed E-state index contributed by atoms with van der Waals surface area (Å²) in [5.74, 6) is 0.0480. The standard InChI is InChI=1S/C14H20ClN3O/c1-17(10-11-18-8-6-16-7-9-18)14(19)12-2-4-13(15)5-3-12/h2-5,16H,6-11H2,1H3. The van der Waals surface area contributed by atoms with Crippen molar-refractivity contribution in [2.75, 3.05) is 46.3 Å². The van der Waals surface area contributed by atoms with E-state index < -0.39 is 0 Å². The molecule has 19 heavy (non-hydrogen) atoms. The molecule has 0 atom stereocenters. The van der Waals surface area contributed by atoms with Crippen LogP contribution in [0.1, 0.15) is 10.4 Å². The van der Waals surface area contributed by atoms with Gasteiger partial charge in [-0.2, -0.15) is 0 Å². The lowest BCUT2D eigenvalue weighted by atomic mass is 10.2. The second-order valence-electron chi connectivity index (χ2n) is 4.83. The third kappa shape index (κ3) is 4.20. The molecule has 0 aromatic heterocycles. The lowest BCUT2D eigenvalue weighted by molar-refractivity contribution is 0.0775. The number of likely N-dealkylation sites (N-methyl/N-ethyl adjacent to an activating group) is 1. The molecule has 2 rings (SSSR count). The number of carbonyl (C=O) groups excluding carboxylic acids is 1. The van der Waals surface area contributed by atoms with E-state index in [0.29, 0.717) is 10.6 Å². The summed E-state index contributed by atoms with van der Waals surface area (Å²) in [6, 6.07) is 7.04. The molecule has 0 unspecified atom stereocenters. The van der Waals surface area contributed by atoms with Crippen molar-refractivity contribution >= 4 is 17.5 Å². The maximum absolute atomic E-state index is 12.2. The van der Waals surface area contributed by atoms with Crippen LogP contribution in [0.25, 0.3) is 0 Å². The van der Waals surface area contributed by atoms with Crippen molar-refractivity contribution < 1.29 is 4.79 Å². The Labute approximate surface area is 119 Å². The molecule has 1 aliphatic rings. The van der Waals surface area contributed by atoms with E-state index >= 15 is 0 Å². The summed E-state index contributed by atoms with van der Waals surface area (Å²) >= 11 is 5.82. The summed E-state index contributed by atoms with van der Waals surface area (Å²) in [5, 5.41) is 3.97. The van der Waals surface area contributed by atoms with Gasteiger partial charge < -0.3 is 10.2 Å². The van der Waals surface area contributed by atoms with Gasteiger partial charge in [0, 0.05) is 56.9 Å². The lowest BCUT2D eigenvalue weighted by Gasteiger charge is -2.29. The minimum absolute atomic E-state index is 0.0480. The van der Waals surface area contributed by atoms with Gasteiger partial charge in [-0.1, -0.05) is 11.6 Å². The molecule has 0 aliphatic carbocycles. The van der Waals surface area contributed by atoms with Crippen LogP contribution in [0.2, 0.25) is 5.02 Å². The van der Waals surface area contributed by atoms with Gasteiger partial charge in [0.1, 0.15) is 0 Å². The number of amides is 1. The average Bonchev–Trinajstić information content (AvgIpc) is 2.46. The van der Waals surface area contributed by atoms with Gasteiger partial charge in [-0.3, -0.25) is 9.69 Å². The van der Waals surface area contributed by atoms with Gasteiger partial charge in [0.15, 0.2) is 0 Å². The molecule has 1 aromatic rings. The molecule has 1 heterocycles. The van der Waals surface area contributed by atoms with Crippen molar-refractivity contribution in [2.45, 2.75) is 0 Å². The van der Waals surface area contributed by atoms with E-state index in [0.717, 1.165) is 39.3 Å². The molecule has 1 fully saturated rings. The Kier molecular flexibility index (Phi) is 5.19. The van der Waals surface area contributed by atoms with Gasteiger partial charge in [-0.25, -0.2) is 0 Å². The quantitative estimate of drug-likeness (QED) is 0.904. The minimum atomic E-state index is 0.0480. The van der Waals surface area contributed by atoms with Gasteiger partial charge in [0.25, 0.3) is 5.91 Å². The van der Waals surface area contributed by atoms with E-state index in [9.17, 15) is 4.79 Å². The molecular formula is C14H20ClN3O. The summed E-state index contributed by atoms with van der Waals surface area (Å²) < 4.78 is 0. The zero-order valence-corrected chi connectivity index (χ0v) is 12.0. The maximum Gasteiger partial charge on any atom is 0.253 e. The molecule has 0 spiro atoms. The van der Waals surface area contributed by atoms with Crippen LogP contribution in [0, 0.1) is 0 Å². The van der Waals surface area contributed by atoms with Crippen molar-refractivity contribution in [2.24, 2.45) is 0 Å². The number of carbonyl (C=O) groups is 1. The van der Waals surface area contributed by atoms with Gasteiger partial charge in [-0.05, 0) is 24.3 Å². The maximum atomic E-state index is 12.2. The first-order valence-electron chi connectivity index (χ1n) is 6.61. The number of benzene rings is 1. The van der Waals surface area contributed by atoms with E-state index in [-0.39, 0.29) is 5.91 Å². The Balaban J connectivity index is 1.83. The Hall–Kier alpha value is -1.10. The van der Waals surface area contributed by atoms with Crippen LogP contribution in [0.15, 0.2) is 24.3 Å². The predicted molar refractivity (Wildman–Crippen MR) is 77.7 cm³/mol. The van der Waals surface area contributed by atoms with Crippen LogP contribution in [-0.2, 0) is 0 Å². The zero-order valence-electron chi connectivity index (χ0n) is 11.2. The molecule has 1 aromatic carbocycles. The van der Waals surface area contributed by atoms with Crippen molar-refractivity contribution in [3.63, 3.8) is 0 Å². The predicted octanol–water partition coefficient (Wildman–Crippen LogP) is 1.32. The monoisotopic (exact) mass is 281 g/mol. The number of piperazine rings is 1. The van der Waals surface area contributed by atoms with Crippen LogP contribution < -0.4 is 5.32 Å². The molecule has 0 bridgehead atoms. The smallest absolute Gasteiger partial charge is 0.253 e. The molecular weight excluding hydrogens is 262 g/mol. The van der Waals surface area contributed by atoms with E-state index in [1.807, 2.05) is 7.05 Å². The fraction of sp³-hybridized carbons (Fsp3) is 0.500. The van der Waals surface area contributed by atoms with E-state index in [4.69, 9.17) is 11.6 Å². The second-order valence-corrected chi connectivity index (χ2v) is 5.26. The fourth-order valence-electron chi connectivity index (χ4n) is 2.14. The number of nitrogens with zero attached hydrogens (tertiary/aromatic N) is 2.